The Labute approximate surface area is 209 Å². The SMILES string of the molecule is CCc1c(NC(=O)C(CCOS(C)(=O)=O)n2nc(C(F)(F)F)c(Cl)c2C)cnn1-c1ccc(F)cc1. The number of halogens is 5. The lowest BCUT2D eigenvalue weighted by Gasteiger charge is -2.19. The number of rotatable bonds is 9. The lowest BCUT2D eigenvalue weighted by atomic mass is 10.2. The van der Waals surface area contributed by atoms with Crippen LogP contribution in [0.4, 0.5) is 23.2 Å². The van der Waals surface area contributed by atoms with Crippen LogP contribution in [0.1, 0.15) is 36.5 Å². The monoisotopic (exact) mass is 551 g/mol. The van der Waals surface area contributed by atoms with Crippen molar-refractivity contribution in [3.05, 3.63) is 58.4 Å². The van der Waals surface area contributed by atoms with E-state index in [2.05, 4.69) is 15.5 Å². The summed E-state index contributed by atoms with van der Waals surface area (Å²) < 4.78 is 83.0. The van der Waals surface area contributed by atoms with Crippen molar-refractivity contribution in [3.63, 3.8) is 0 Å². The molecular weight excluding hydrogens is 530 g/mol. The van der Waals surface area contributed by atoms with Crippen LogP contribution in [0.15, 0.2) is 30.5 Å². The molecule has 0 saturated heterocycles. The molecule has 0 radical (unpaired) electrons. The minimum atomic E-state index is -4.87. The molecule has 15 heteroatoms. The molecule has 9 nitrogen and oxygen atoms in total. The van der Waals surface area contributed by atoms with Gasteiger partial charge in [0.05, 0.1) is 46.8 Å². The van der Waals surface area contributed by atoms with Gasteiger partial charge in [-0.1, -0.05) is 18.5 Å². The molecule has 1 unspecified atom stereocenters. The van der Waals surface area contributed by atoms with Gasteiger partial charge in [0, 0.05) is 6.42 Å². The second kappa shape index (κ2) is 10.6. The predicted octanol–water partition coefficient (Wildman–Crippen LogP) is 4.30. The zero-order valence-corrected chi connectivity index (χ0v) is 20.9. The number of hydrogen-bond donors (Lipinski definition) is 1. The zero-order chi connectivity index (χ0) is 26.8. The van der Waals surface area contributed by atoms with E-state index < -0.39 is 51.4 Å². The maximum Gasteiger partial charge on any atom is 0.436 e. The minimum absolute atomic E-state index is 0.138. The van der Waals surface area contributed by atoms with Crippen molar-refractivity contribution in [3.8, 4) is 5.69 Å². The zero-order valence-electron chi connectivity index (χ0n) is 19.3. The molecule has 0 aliphatic heterocycles. The fourth-order valence-electron chi connectivity index (χ4n) is 3.50. The molecule has 2 heterocycles. The smallest absolute Gasteiger partial charge is 0.321 e. The fraction of sp³-hybridized carbons (Fsp3) is 0.381. The van der Waals surface area contributed by atoms with Gasteiger partial charge < -0.3 is 5.32 Å². The lowest BCUT2D eigenvalue weighted by molar-refractivity contribution is -0.141. The Hall–Kier alpha value is -2.97. The number of alkyl halides is 3. The van der Waals surface area contributed by atoms with Gasteiger partial charge in [-0.15, -0.1) is 0 Å². The van der Waals surface area contributed by atoms with Crippen molar-refractivity contribution in [2.75, 3.05) is 18.2 Å². The largest absolute Gasteiger partial charge is 0.436 e. The quantitative estimate of drug-likeness (QED) is 0.314. The molecule has 2 aromatic heterocycles. The summed E-state index contributed by atoms with van der Waals surface area (Å²) in [5, 5.41) is 9.66. The summed E-state index contributed by atoms with van der Waals surface area (Å²) in [6.45, 7) is 2.55. The van der Waals surface area contributed by atoms with E-state index in [4.69, 9.17) is 15.8 Å². The van der Waals surface area contributed by atoms with Crippen molar-refractivity contribution in [1.82, 2.24) is 19.6 Å². The summed E-state index contributed by atoms with van der Waals surface area (Å²) in [6, 6.07) is 4.07. The molecule has 1 N–H and O–H groups in total. The van der Waals surface area contributed by atoms with E-state index in [9.17, 15) is 30.8 Å². The highest BCUT2D eigenvalue weighted by Gasteiger charge is 2.40. The highest BCUT2D eigenvalue weighted by atomic mass is 35.5. The summed E-state index contributed by atoms with van der Waals surface area (Å²) >= 11 is 5.84. The van der Waals surface area contributed by atoms with Gasteiger partial charge in [-0.2, -0.15) is 31.8 Å². The summed E-state index contributed by atoms with van der Waals surface area (Å²) in [5.41, 5.74) is -0.195. The predicted molar refractivity (Wildman–Crippen MR) is 123 cm³/mol. The van der Waals surface area contributed by atoms with Gasteiger partial charge in [0.15, 0.2) is 5.69 Å². The molecule has 3 rings (SSSR count). The number of anilines is 1. The molecule has 1 amide bonds. The molecule has 0 aliphatic carbocycles. The maximum absolute atomic E-state index is 13.3. The number of carbonyl (C=O) groups excluding carboxylic acids is 1. The first-order valence-electron chi connectivity index (χ1n) is 10.5. The molecule has 0 fully saturated rings. The van der Waals surface area contributed by atoms with Crippen LogP contribution in [0.5, 0.6) is 0 Å². The van der Waals surface area contributed by atoms with E-state index in [-0.39, 0.29) is 17.8 Å². The van der Waals surface area contributed by atoms with Crippen LogP contribution in [-0.4, -0.2) is 46.7 Å². The van der Waals surface area contributed by atoms with E-state index in [1.165, 1.54) is 42.1 Å². The topological polar surface area (TPSA) is 108 Å². The number of carbonyl (C=O) groups is 1. The number of amides is 1. The van der Waals surface area contributed by atoms with Crippen LogP contribution >= 0.6 is 11.6 Å². The third-order valence-corrected chi connectivity index (χ3v) is 6.21. The van der Waals surface area contributed by atoms with E-state index in [1.807, 2.05) is 0 Å². The Balaban J connectivity index is 1.96. The summed E-state index contributed by atoms with van der Waals surface area (Å²) in [7, 11) is -3.87. The average Bonchev–Trinajstić information content (AvgIpc) is 3.31. The molecule has 1 aromatic carbocycles. The second-order valence-electron chi connectivity index (χ2n) is 7.76. The van der Waals surface area contributed by atoms with Gasteiger partial charge in [-0.05, 0) is 37.6 Å². The molecule has 3 aromatic rings. The Kier molecular flexibility index (Phi) is 8.10. The van der Waals surface area contributed by atoms with Crippen LogP contribution in [0.3, 0.4) is 0 Å². The van der Waals surface area contributed by atoms with Crippen molar-refractivity contribution in [2.24, 2.45) is 0 Å². The highest BCUT2D eigenvalue weighted by molar-refractivity contribution is 7.85. The van der Waals surface area contributed by atoms with Gasteiger partial charge in [-0.25, -0.2) is 9.07 Å². The van der Waals surface area contributed by atoms with Gasteiger partial charge in [0.2, 0.25) is 5.91 Å². The van der Waals surface area contributed by atoms with E-state index in [0.29, 0.717) is 17.8 Å². The standard InChI is InChI=1S/C21H22ClF4N5O4S/c1-4-16-15(11-27-31(16)14-7-5-13(23)6-8-14)28-20(32)17(9-10-35-36(3,33)34)30-12(2)18(22)19(29-30)21(24,25)26/h5-8,11,17H,4,9-10H2,1-3H3,(H,28,32). The van der Waals surface area contributed by atoms with Gasteiger partial charge in [-0.3, -0.25) is 13.7 Å². The van der Waals surface area contributed by atoms with Crippen LogP contribution in [0.25, 0.3) is 5.69 Å². The van der Waals surface area contributed by atoms with Crippen molar-refractivity contribution in [1.29, 1.82) is 0 Å². The molecule has 0 bridgehead atoms. The second-order valence-corrected chi connectivity index (χ2v) is 9.78. The Morgan fingerprint density at radius 3 is 2.42 bits per heavy atom. The van der Waals surface area contributed by atoms with Crippen LogP contribution in [0.2, 0.25) is 5.02 Å². The summed E-state index contributed by atoms with van der Waals surface area (Å²) in [4.78, 5) is 13.3. The normalized spacial score (nSPS) is 13.1. The molecular formula is C21H22ClF4N5O4S. The number of hydrogen-bond acceptors (Lipinski definition) is 6. The van der Waals surface area contributed by atoms with Crippen molar-refractivity contribution >= 4 is 33.3 Å². The van der Waals surface area contributed by atoms with Crippen molar-refractivity contribution in [2.45, 2.75) is 38.9 Å². The molecule has 1 atom stereocenters. The van der Waals surface area contributed by atoms with Gasteiger partial charge >= 0.3 is 6.18 Å². The minimum Gasteiger partial charge on any atom is -0.321 e. The first kappa shape index (κ1) is 27.6. The maximum atomic E-state index is 13.3. The Bertz CT molecular complexity index is 1350. The number of benzene rings is 1. The Morgan fingerprint density at radius 2 is 1.89 bits per heavy atom. The molecule has 196 valence electrons. The average molecular weight is 552 g/mol. The first-order valence-corrected chi connectivity index (χ1v) is 12.7. The van der Waals surface area contributed by atoms with Gasteiger partial charge in [0.1, 0.15) is 11.9 Å². The van der Waals surface area contributed by atoms with E-state index in [0.717, 1.165) is 10.9 Å². The van der Waals surface area contributed by atoms with Crippen LogP contribution in [0, 0.1) is 12.7 Å². The number of aromatic nitrogens is 4. The highest BCUT2D eigenvalue weighted by Crippen LogP contribution is 2.37. The molecule has 36 heavy (non-hydrogen) atoms. The third kappa shape index (κ3) is 6.23. The molecule has 0 saturated carbocycles. The number of nitrogens with zero attached hydrogens (tertiary/aromatic N) is 4. The lowest BCUT2D eigenvalue weighted by Crippen LogP contribution is -2.29. The molecule has 0 aliphatic rings. The number of nitrogens with one attached hydrogen (secondary N) is 1. The van der Waals surface area contributed by atoms with E-state index >= 15 is 0 Å². The first-order chi connectivity index (χ1) is 16.7. The van der Waals surface area contributed by atoms with Crippen LogP contribution in [-0.2, 0) is 31.7 Å². The Morgan fingerprint density at radius 1 is 1.25 bits per heavy atom. The molecule has 0 spiro atoms. The van der Waals surface area contributed by atoms with Crippen molar-refractivity contribution < 1.29 is 35.0 Å². The fourth-order valence-corrected chi connectivity index (χ4v) is 4.13. The van der Waals surface area contributed by atoms with Crippen LogP contribution < -0.4 is 5.32 Å². The summed E-state index contributed by atoms with van der Waals surface area (Å²) in [6.07, 6.45) is -2.67. The third-order valence-electron chi connectivity index (χ3n) is 5.16. The summed E-state index contributed by atoms with van der Waals surface area (Å²) in [5.74, 6) is -1.24. The van der Waals surface area contributed by atoms with E-state index in [1.54, 1.807) is 6.92 Å². The van der Waals surface area contributed by atoms with Gasteiger partial charge in [0.25, 0.3) is 10.1 Å².